The number of hydrogen-bond donors (Lipinski definition) is 6. The number of guanidine groups is 1. The number of rotatable bonds is 8. The van der Waals surface area contributed by atoms with Gasteiger partial charge < -0.3 is 41.3 Å². The first-order valence-corrected chi connectivity index (χ1v) is 12.8. The van der Waals surface area contributed by atoms with Crippen molar-refractivity contribution < 1.29 is 29.4 Å². The van der Waals surface area contributed by atoms with Crippen LogP contribution in [0.5, 0.6) is 0 Å². The SMILES string of the molecule is C[C@@H](O)[C@H]1C(=O)N2C(C(=O)O)=C(S[C@@H]3CN[C@H](C(=O)N4CC(NC(=O)CN(C)C(=N)N)C4)C3)[C@H](C)[C@H]12. The number of nitrogens with zero attached hydrogens (tertiary/aromatic N) is 3. The van der Waals surface area contributed by atoms with Crippen molar-refractivity contribution in [3.8, 4) is 0 Å². The van der Waals surface area contributed by atoms with Gasteiger partial charge in [0.2, 0.25) is 17.7 Å². The summed E-state index contributed by atoms with van der Waals surface area (Å²) in [7, 11) is 1.55. The fourth-order valence-corrected chi connectivity index (χ4v) is 6.86. The van der Waals surface area contributed by atoms with E-state index in [4.69, 9.17) is 11.1 Å². The molecule has 0 aromatic carbocycles. The number of nitrogens with one attached hydrogen (secondary N) is 3. The number of aliphatic carboxylic acids is 1. The second-order valence-electron chi connectivity index (χ2n) is 9.96. The Kier molecular flexibility index (Phi) is 7.21. The molecule has 0 spiro atoms. The molecule has 4 heterocycles. The van der Waals surface area contributed by atoms with Crippen molar-refractivity contribution in [2.45, 2.75) is 49.7 Å². The zero-order chi connectivity index (χ0) is 26.5. The first-order valence-electron chi connectivity index (χ1n) is 11.9. The molecule has 0 aliphatic carbocycles. The van der Waals surface area contributed by atoms with Crippen LogP contribution in [0, 0.1) is 17.2 Å². The molecule has 36 heavy (non-hydrogen) atoms. The minimum Gasteiger partial charge on any atom is -0.477 e. The summed E-state index contributed by atoms with van der Waals surface area (Å²) in [4.78, 5) is 54.4. The van der Waals surface area contributed by atoms with Crippen LogP contribution in [0.3, 0.4) is 0 Å². The molecule has 13 nitrogen and oxygen atoms in total. The maximum Gasteiger partial charge on any atom is 0.353 e. The van der Waals surface area contributed by atoms with Crippen molar-refractivity contribution in [2.75, 3.05) is 33.2 Å². The molecule has 0 saturated carbocycles. The molecular formula is C22H33N7O6S. The fraction of sp³-hybridized carbons (Fsp3) is 0.682. The number of thioether (sulfide) groups is 1. The molecule has 0 aromatic heterocycles. The lowest BCUT2D eigenvalue weighted by atomic mass is 9.79. The van der Waals surface area contributed by atoms with Crippen molar-refractivity contribution in [1.82, 2.24) is 25.3 Å². The Morgan fingerprint density at radius 3 is 2.61 bits per heavy atom. The van der Waals surface area contributed by atoms with Gasteiger partial charge in [0, 0.05) is 42.8 Å². The highest BCUT2D eigenvalue weighted by molar-refractivity contribution is 8.03. The number of carbonyl (C=O) groups is 4. The fourth-order valence-electron chi connectivity index (χ4n) is 5.38. The van der Waals surface area contributed by atoms with Crippen molar-refractivity contribution in [1.29, 1.82) is 5.41 Å². The van der Waals surface area contributed by atoms with Gasteiger partial charge in [-0.1, -0.05) is 6.92 Å². The Morgan fingerprint density at radius 2 is 2.03 bits per heavy atom. The minimum absolute atomic E-state index is 0.00841. The van der Waals surface area contributed by atoms with Crippen molar-refractivity contribution >= 4 is 41.4 Å². The third-order valence-electron chi connectivity index (χ3n) is 7.34. The number of fused-ring (bicyclic) bond motifs is 1. The van der Waals surface area contributed by atoms with Gasteiger partial charge in [-0.05, 0) is 13.3 Å². The van der Waals surface area contributed by atoms with Crippen LogP contribution in [0.15, 0.2) is 10.6 Å². The quantitative estimate of drug-likeness (QED) is 0.115. The molecule has 0 bridgehead atoms. The lowest BCUT2D eigenvalue weighted by Gasteiger charge is -2.46. The molecule has 3 amide bonds. The first-order chi connectivity index (χ1) is 16.9. The van der Waals surface area contributed by atoms with E-state index in [-0.39, 0.29) is 59.2 Å². The van der Waals surface area contributed by atoms with E-state index in [1.165, 1.54) is 21.6 Å². The Hall–Kier alpha value is -2.84. The Morgan fingerprint density at radius 1 is 1.36 bits per heavy atom. The summed E-state index contributed by atoms with van der Waals surface area (Å²) in [6, 6.07) is -0.918. The Balaban J connectivity index is 1.29. The third-order valence-corrected chi connectivity index (χ3v) is 8.86. The molecule has 6 atom stereocenters. The number of carboxylic acids is 1. The molecule has 7 N–H and O–H groups in total. The molecule has 0 radical (unpaired) electrons. The van der Waals surface area contributed by atoms with E-state index in [2.05, 4.69) is 10.6 Å². The van der Waals surface area contributed by atoms with Crippen LogP contribution >= 0.6 is 11.8 Å². The highest BCUT2D eigenvalue weighted by Crippen LogP contribution is 2.51. The molecule has 0 aromatic rings. The molecular weight excluding hydrogens is 490 g/mol. The average molecular weight is 524 g/mol. The number of aliphatic hydroxyl groups excluding tert-OH is 1. The number of β-lactam (4-membered cyclic amide) rings is 1. The zero-order valence-corrected chi connectivity index (χ0v) is 21.2. The predicted molar refractivity (Wildman–Crippen MR) is 130 cm³/mol. The van der Waals surface area contributed by atoms with Crippen LogP contribution in [0.1, 0.15) is 20.3 Å². The summed E-state index contributed by atoms with van der Waals surface area (Å²) in [5.74, 6) is -2.88. The van der Waals surface area contributed by atoms with Gasteiger partial charge in [0.15, 0.2) is 5.96 Å². The van der Waals surface area contributed by atoms with E-state index in [1.54, 1.807) is 18.9 Å². The number of hydrogen-bond acceptors (Lipinski definition) is 8. The maximum absolute atomic E-state index is 12.9. The monoisotopic (exact) mass is 523 g/mol. The normalized spacial score (nSPS) is 30.4. The van der Waals surface area contributed by atoms with Gasteiger partial charge in [-0.15, -0.1) is 11.8 Å². The Labute approximate surface area is 212 Å². The number of nitrogens with two attached hydrogens (primary N) is 1. The molecule has 198 valence electrons. The van der Waals surface area contributed by atoms with Crippen molar-refractivity contribution in [2.24, 2.45) is 17.6 Å². The largest absolute Gasteiger partial charge is 0.477 e. The highest BCUT2D eigenvalue weighted by Gasteiger charge is 2.60. The molecule has 3 fully saturated rings. The predicted octanol–water partition coefficient (Wildman–Crippen LogP) is -2.24. The summed E-state index contributed by atoms with van der Waals surface area (Å²) in [6.45, 7) is 4.72. The molecule has 4 rings (SSSR count). The minimum atomic E-state index is -1.16. The van der Waals surface area contributed by atoms with Gasteiger partial charge >= 0.3 is 5.97 Å². The van der Waals surface area contributed by atoms with Crippen LogP contribution in [0.4, 0.5) is 0 Å². The number of amides is 3. The standard InChI is InChI=1S/C22H33N7O6S/c1-9-16-15(10(2)30)20(33)29(16)17(21(34)35)18(9)36-12-4-13(25-5-12)19(32)28-6-11(7-28)26-14(31)8-27(3)22(23)24/h9-13,15-16,25,30H,4-8H2,1-3H3,(H3,23,24)(H,26,31)(H,34,35)/t9-,10-,12+,13+,15-,16-/m1/s1. The van der Waals surface area contributed by atoms with Gasteiger partial charge in [0.1, 0.15) is 5.70 Å². The van der Waals surface area contributed by atoms with Crippen LogP contribution in [0.2, 0.25) is 0 Å². The lowest BCUT2D eigenvalue weighted by Crippen LogP contribution is -2.64. The smallest absolute Gasteiger partial charge is 0.353 e. The first kappa shape index (κ1) is 26.2. The van der Waals surface area contributed by atoms with Gasteiger partial charge in [0.05, 0.1) is 36.7 Å². The summed E-state index contributed by atoms with van der Waals surface area (Å²) < 4.78 is 0. The van der Waals surface area contributed by atoms with E-state index in [0.717, 1.165) is 0 Å². The summed E-state index contributed by atoms with van der Waals surface area (Å²) in [5.41, 5.74) is 5.33. The number of carbonyl (C=O) groups excluding carboxylic acids is 3. The number of likely N-dealkylation sites (N-methyl/N-ethyl adjacent to an activating group) is 1. The molecule has 4 aliphatic heterocycles. The molecule has 14 heteroatoms. The number of aliphatic hydroxyl groups is 1. The maximum atomic E-state index is 12.9. The van der Waals surface area contributed by atoms with E-state index in [9.17, 15) is 29.4 Å². The van der Waals surface area contributed by atoms with Gasteiger partial charge in [-0.25, -0.2) is 4.79 Å². The lowest BCUT2D eigenvalue weighted by molar-refractivity contribution is -0.163. The third kappa shape index (κ3) is 4.64. The molecule has 4 aliphatic rings. The highest BCUT2D eigenvalue weighted by atomic mass is 32.2. The van der Waals surface area contributed by atoms with E-state index >= 15 is 0 Å². The molecule has 0 unspecified atom stereocenters. The van der Waals surface area contributed by atoms with Crippen LogP contribution in [0.25, 0.3) is 0 Å². The second-order valence-corrected chi connectivity index (χ2v) is 11.3. The van der Waals surface area contributed by atoms with Crippen molar-refractivity contribution in [3.05, 3.63) is 10.6 Å². The van der Waals surface area contributed by atoms with Gasteiger partial charge in [-0.2, -0.15) is 0 Å². The topological polar surface area (TPSA) is 192 Å². The summed E-state index contributed by atoms with van der Waals surface area (Å²) >= 11 is 1.40. The second kappa shape index (κ2) is 9.90. The number of likely N-dealkylation sites (tertiary alicyclic amines) is 1. The van der Waals surface area contributed by atoms with Crippen LogP contribution < -0.4 is 16.4 Å². The van der Waals surface area contributed by atoms with E-state index < -0.39 is 24.0 Å². The summed E-state index contributed by atoms with van der Waals surface area (Å²) in [6.07, 6.45) is -0.335. The average Bonchev–Trinajstić information content (AvgIpc) is 3.31. The van der Waals surface area contributed by atoms with Crippen LogP contribution in [-0.4, -0.2) is 117 Å². The van der Waals surface area contributed by atoms with E-state index in [1.807, 2.05) is 6.92 Å². The Bertz CT molecular complexity index is 1010. The summed E-state index contributed by atoms with van der Waals surface area (Å²) in [5, 5.41) is 33.1. The van der Waals surface area contributed by atoms with E-state index in [0.29, 0.717) is 31.0 Å². The zero-order valence-electron chi connectivity index (χ0n) is 20.4. The number of carboxylic acid groups (broad SMARTS) is 1. The van der Waals surface area contributed by atoms with Gasteiger partial charge in [0.25, 0.3) is 0 Å². The molecule has 3 saturated heterocycles. The van der Waals surface area contributed by atoms with Crippen molar-refractivity contribution in [3.63, 3.8) is 0 Å². The van der Waals surface area contributed by atoms with Gasteiger partial charge in [-0.3, -0.25) is 19.8 Å². The van der Waals surface area contributed by atoms with Crippen LogP contribution in [-0.2, 0) is 19.2 Å².